The molecule has 0 spiro atoms. The van der Waals surface area contributed by atoms with Crippen molar-refractivity contribution in [3.05, 3.63) is 0 Å². The lowest BCUT2D eigenvalue weighted by atomic mass is 10.2. The van der Waals surface area contributed by atoms with Gasteiger partial charge < -0.3 is 18.2 Å². The Hall–Kier alpha value is 0.217. The van der Waals surface area contributed by atoms with Gasteiger partial charge in [-0.3, -0.25) is 4.57 Å². The molecule has 0 heterocycles. The number of ether oxygens (including phenoxy) is 1. The van der Waals surface area contributed by atoms with Crippen molar-refractivity contribution in [3.8, 4) is 0 Å². The number of hydrogen-bond donors (Lipinski definition) is 0. The van der Waals surface area contributed by atoms with Gasteiger partial charge in [0.1, 0.15) is 0 Å². The summed E-state index contributed by atoms with van der Waals surface area (Å²) in [4.78, 5) is 0. The summed E-state index contributed by atoms with van der Waals surface area (Å²) in [6.45, 7) is 14.3. The average molecular weight is 344 g/mol. The molecule has 0 radical (unpaired) electrons. The maximum Gasteiger partial charge on any atom is 0.391 e. The monoisotopic (exact) mass is 344 g/mol. The van der Waals surface area contributed by atoms with Crippen molar-refractivity contribution in [2.75, 3.05) is 26.4 Å². The van der Waals surface area contributed by atoms with Gasteiger partial charge in [-0.15, -0.1) is 0 Å². The van der Waals surface area contributed by atoms with Gasteiger partial charge in [0.05, 0.1) is 26.4 Å². The van der Waals surface area contributed by atoms with Crippen LogP contribution >= 0.6 is 7.60 Å². The van der Waals surface area contributed by atoms with Crippen molar-refractivity contribution in [3.63, 3.8) is 0 Å². The van der Waals surface area contributed by atoms with Crippen LogP contribution in [0, 0.1) is 0 Å². The number of alkyl halides is 1. The highest BCUT2D eigenvalue weighted by Crippen LogP contribution is 2.54. The van der Waals surface area contributed by atoms with Crippen LogP contribution in [-0.4, -0.2) is 40.8 Å². The molecule has 8 heteroatoms. The van der Waals surface area contributed by atoms with Gasteiger partial charge in [0, 0.05) is 0 Å². The highest BCUT2D eigenvalue weighted by molar-refractivity contribution is 7.54. The zero-order valence-corrected chi connectivity index (χ0v) is 16.2. The minimum atomic E-state index is -3.86. The largest absolute Gasteiger partial charge is 0.414 e. The summed E-state index contributed by atoms with van der Waals surface area (Å²) in [5, 5.41) is 0.0774. The molecule has 0 bridgehead atoms. The van der Waals surface area contributed by atoms with Crippen molar-refractivity contribution >= 4 is 15.9 Å². The van der Waals surface area contributed by atoms with Gasteiger partial charge in [-0.25, -0.2) is 4.39 Å². The molecule has 0 aliphatic rings. The van der Waals surface area contributed by atoms with Crippen molar-refractivity contribution in [2.24, 2.45) is 0 Å². The molecule has 5 nitrogen and oxygen atoms in total. The van der Waals surface area contributed by atoms with Gasteiger partial charge >= 0.3 is 13.7 Å². The van der Waals surface area contributed by atoms with E-state index in [1.807, 2.05) is 0 Å². The van der Waals surface area contributed by atoms with Gasteiger partial charge in [-0.05, 0) is 32.0 Å². The first kappa shape index (κ1) is 21.2. The fraction of sp³-hybridized carbons (Fsp3) is 1.00. The average Bonchev–Trinajstić information content (AvgIpc) is 2.33. The fourth-order valence-corrected chi connectivity index (χ4v) is 3.61. The predicted molar refractivity (Wildman–Crippen MR) is 84.9 cm³/mol. The van der Waals surface area contributed by atoms with Crippen molar-refractivity contribution in [1.29, 1.82) is 0 Å². The van der Waals surface area contributed by atoms with E-state index in [-0.39, 0.29) is 31.5 Å². The molecule has 0 fully saturated rings. The van der Waals surface area contributed by atoms with Gasteiger partial charge in [0.15, 0.2) is 8.32 Å². The molecule has 0 saturated carbocycles. The number of hydrogen-bond acceptors (Lipinski definition) is 5. The highest BCUT2D eigenvalue weighted by Gasteiger charge is 2.38. The Bertz CT molecular complexity index is 336. The van der Waals surface area contributed by atoms with Crippen molar-refractivity contribution < 1.29 is 27.2 Å². The third-order valence-corrected chi connectivity index (χ3v) is 9.90. The van der Waals surface area contributed by atoms with E-state index >= 15 is 0 Å². The molecular formula is C13H30FO5PSi. The molecule has 0 saturated heterocycles. The molecule has 128 valence electrons. The maximum absolute atomic E-state index is 13.9. The van der Waals surface area contributed by atoms with Crippen LogP contribution in [0.5, 0.6) is 0 Å². The SMILES string of the molecule is CCOP(=O)(OCC)C(F)OCCO[Si](C)(C)C(C)(C)C. The molecule has 21 heavy (non-hydrogen) atoms. The molecule has 0 rings (SSSR count). The summed E-state index contributed by atoms with van der Waals surface area (Å²) in [5.74, 6) is 0. The fourth-order valence-electron chi connectivity index (χ4n) is 1.26. The summed E-state index contributed by atoms with van der Waals surface area (Å²) in [7, 11) is -5.74. The van der Waals surface area contributed by atoms with E-state index in [4.69, 9.17) is 18.2 Å². The molecule has 0 aliphatic heterocycles. The second-order valence-corrected chi connectivity index (χ2v) is 13.0. The lowest BCUT2D eigenvalue weighted by molar-refractivity contribution is -0.0184. The van der Waals surface area contributed by atoms with Gasteiger partial charge in [-0.2, -0.15) is 0 Å². The van der Waals surface area contributed by atoms with E-state index in [0.717, 1.165) is 0 Å². The smallest absolute Gasteiger partial charge is 0.391 e. The molecule has 1 atom stereocenters. The molecular weight excluding hydrogens is 314 g/mol. The zero-order chi connectivity index (χ0) is 16.7. The zero-order valence-electron chi connectivity index (χ0n) is 14.3. The van der Waals surface area contributed by atoms with E-state index in [1.54, 1.807) is 13.8 Å². The Morgan fingerprint density at radius 3 is 1.95 bits per heavy atom. The topological polar surface area (TPSA) is 54.0 Å². The van der Waals surface area contributed by atoms with E-state index in [2.05, 4.69) is 33.9 Å². The molecule has 0 aliphatic carbocycles. The lowest BCUT2D eigenvalue weighted by Crippen LogP contribution is -2.41. The van der Waals surface area contributed by atoms with Gasteiger partial charge in [0.25, 0.3) is 0 Å². The Kier molecular flexibility index (Phi) is 8.84. The Balaban J connectivity index is 4.31. The van der Waals surface area contributed by atoms with E-state index in [0.29, 0.717) is 0 Å². The number of halogens is 1. The third kappa shape index (κ3) is 6.88. The summed E-state index contributed by atoms with van der Waals surface area (Å²) < 4.78 is 46.5. The minimum Gasteiger partial charge on any atom is -0.414 e. The molecule has 0 N–H and O–H groups in total. The van der Waals surface area contributed by atoms with Crippen LogP contribution < -0.4 is 0 Å². The van der Waals surface area contributed by atoms with Crippen LogP contribution in [-0.2, 0) is 22.8 Å². The molecule has 0 amide bonds. The normalized spacial score (nSPS) is 15.2. The van der Waals surface area contributed by atoms with Crippen LogP contribution in [0.1, 0.15) is 34.6 Å². The minimum absolute atomic E-state index is 0.0117. The lowest BCUT2D eigenvalue weighted by Gasteiger charge is -2.36. The van der Waals surface area contributed by atoms with Crippen LogP contribution in [0.3, 0.4) is 0 Å². The number of rotatable bonds is 10. The van der Waals surface area contributed by atoms with Crippen LogP contribution in [0.2, 0.25) is 18.1 Å². The quantitative estimate of drug-likeness (QED) is 0.331. The van der Waals surface area contributed by atoms with Crippen LogP contribution in [0.25, 0.3) is 0 Å². The standard InChI is InChI=1S/C13H30FO5PSi/c1-8-17-20(15,18-9-2)12(14)16-10-11-19-21(6,7)13(3,4)5/h12H,8-11H2,1-7H3. The Morgan fingerprint density at radius 2 is 1.57 bits per heavy atom. The molecule has 0 aromatic carbocycles. The second-order valence-electron chi connectivity index (χ2n) is 6.15. The summed E-state index contributed by atoms with van der Waals surface area (Å²) >= 11 is 0. The van der Waals surface area contributed by atoms with Crippen molar-refractivity contribution in [2.45, 2.75) is 58.8 Å². The molecule has 0 aromatic rings. The van der Waals surface area contributed by atoms with Crippen molar-refractivity contribution in [1.82, 2.24) is 0 Å². The van der Waals surface area contributed by atoms with E-state index in [1.165, 1.54) is 0 Å². The first-order valence-corrected chi connectivity index (χ1v) is 11.8. The van der Waals surface area contributed by atoms with Gasteiger partial charge in [0.2, 0.25) is 0 Å². The first-order valence-electron chi connectivity index (χ1n) is 7.28. The molecule has 1 unspecified atom stereocenters. The van der Waals surface area contributed by atoms with E-state index in [9.17, 15) is 8.96 Å². The Morgan fingerprint density at radius 1 is 1.10 bits per heavy atom. The predicted octanol–water partition coefficient (Wildman–Crippen LogP) is 4.54. The van der Waals surface area contributed by atoms with Gasteiger partial charge in [-0.1, -0.05) is 20.8 Å². The molecule has 0 aromatic heterocycles. The summed E-state index contributed by atoms with van der Waals surface area (Å²) in [5.41, 5.74) is 0. The third-order valence-electron chi connectivity index (χ3n) is 3.47. The second kappa shape index (κ2) is 8.75. The first-order chi connectivity index (χ1) is 9.50. The van der Waals surface area contributed by atoms with Crippen LogP contribution in [0.4, 0.5) is 4.39 Å². The maximum atomic E-state index is 13.9. The Labute approximate surface area is 129 Å². The highest BCUT2D eigenvalue weighted by atomic mass is 31.2. The summed E-state index contributed by atoms with van der Waals surface area (Å²) in [6.07, 6.45) is -2.08. The van der Waals surface area contributed by atoms with Crippen LogP contribution in [0.15, 0.2) is 0 Å². The summed E-state index contributed by atoms with van der Waals surface area (Å²) in [6, 6.07) is 0. The van der Waals surface area contributed by atoms with E-state index < -0.39 is 22.0 Å².